The number of carbonyl (C=O) groups excluding carboxylic acids is 2. The molecule has 0 unspecified atom stereocenters. The summed E-state index contributed by atoms with van der Waals surface area (Å²) in [4.78, 5) is 26.9. The number of fused-ring (bicyclic) bond motifs is 5. The summed E-state index contributed by atoms with van der Waals surface area (Å²) in [7, 11) is 6.52. The van der Waals surface area contributed by atoms with Gasteiger partial charge in [-0.05, 0) is 96.6 Å². The number of methoxy groups -OCH3 is 4. The molecule has 7 fully saturated rings. The molecule has 18 heteroatoms. The van der Waals surface area contributed by atoms with Crippen LogP contribution in [-0.2, 0) is 71.2 Å². The predicted octanol–water partition coefficient (Wildman–Crippen LogP) is 6.12. The molecule has 426 valence electrons. The smallest absolute Gasteiger partial charge is 0.331 e. The van der Waals surface area contributed by atoms with E-state index < -0.39 is 132 Å². The molecule has 0 amide bonds. The molecule has 9 rings (SSSR count). The van der Waals surface area contributed by atoms with Gasteiger partial charge in [-0.3, -0.25) is 4.79 Å². The zero-order chi connectivity index (χ0) is 54.5. The molecule has 4 aliphatic heterocycles. The van der Waals surface area contributed by atoms with Crippen molar-refractivity contribution < 1.29 is 86.5 Å². The number of benzene rings is 1. The van der Waals surface area contributed by atoms with Crippen LogP contribution in [0.3, 0.4) is 0 Å². The van der Waals surface area contributed by atoms with E-state index >= 15 is 0 Å². The molecule has 4 aliphatic carbocycles. The number of rotatable bonds is 16. The third-order valence-electron chi connectivity index (χ3n) is 19.4. The van der Waals surface area contributed by atoms with Crippen LogP contribution in [0, 0.1) is 22.7 Å². The standard InChI is InChI=1S/C58H86O18/c1-31(59)39-21-24-58(63)56(39,7)45(73-46(60)18-17-36-15-13-12-14-16-36)30-44-55(6)22-20-38(25-37(55)19-23-57(44,58)62)72-47-27-41(65-9)52(33(3)69-47)75-49-29-43(67-11)54(35(5)71-49)76-50-28-42(66-10)53(34(4)70-50)74-48-26-40(64-8)51(61)32(2)68-48/h12-19,32-35,38-45,47-54,61-63H,20-30H2,1-11H3/b18-17+/t32-,33-,34-,35-,38+,39+,40-,41+,42+,43-,44-,45-,47+,48+,49+,50+,51-,52-,53-,54-,55+,56+,57+,58-/m1/s1. The number of esters is 1. The van der Waals surface area contributed by atoms with Crippen molar-refractivity contribution in [3.8, 4) is 0 Å². The van der Waals surface area contributed by atoms with Gasteiger partial charge in [0.1, 0.15) is 47.5 Å². The fraction of sp³-hybridized carbons (Fsp3) is 0.793. The summed E-state index contributed by atoms with van der Waals surface area (Å²) in [5, 5.41) is 36.4. The second-order valence-electron chi connectivity index (χ2n) is 23.5. The second-order valence-corrected chi connectivity index (χ2v) is 23.5. The Morgan fingerprint density at radius 3 is 1.67 bits per heavy atom. The van der Waals surface area contributed by atoms with Crippen molar-refractivity contribution in [2.75, 3.05) is 28.4 Å². The molecule has 18 nitrogen and oxygen atoms in total. The number of Topliss-reactive ketones (excluding diaryl/α,β-unsaturated/α-hetero) is 1. The van der Waals surface area contributed by atoms with Crippen molar-refractivity contribution in [3.05, 3.63) is 53.6 Å². The summed E-state index contributed by atoms with van der Waals surface area (Å²) >= 11 is 0. The Balaban J connectivity index is 0.802. The maximum atomic E-state index is 13.6. The molecule has 0 aromatic heterocycles. The van der Waals surface area contributed by atoms with Crippen LogP contribution in [0.1, 0.15) is 125 Å². The summed E-state index contributed by atoms with van der Waals surface area (Å²) < 4.78 is 81.8. The maximum absolute atomic E-state index is 13.6. The minimum absolute atomic E-state index is 0.0868. The molecule has 4 saturated heterocycles. The molecule has 1 aromatic carbocycles. The number of ketones is 1. The first kappa shape index (κ1) is 57.9. The number of hydrogen-bond acceptors (Lipinski definition) is 18. The Kier molecular flexibility index (Phi) is 17.8. The Labute approximate surface area is 448 Å². The van der Waals surface area contributed by atoms with Crippen LogP contribution >= 0.6 is 0 Å². The lowest BCUT2D eigenvalue weighted by atomic mass is 9.43. The SMILES string of the molecule is CO[C@H]1C[C@H](O[C@H]2CC[C@@]3(C)C(=CC[C@]4(O)[C@@H]3C[C@@H](OC(=O)/C=C/c3ccccc3)[C@]3(C)[C@H](C(C)=O)CC[C@@]34O)C2)O[C@H](C)[C@H]1O[C@H]1C[C@@H](OC)[C@H](O[C@H]2C[C@H](OC)[C@H](O[C@H]3C[C@@H](OC)[C@H](O)[C@@H](C)O3)[C@@H](C)O2)[C@@H](C)O1. The van der Waals surface area contributed by atoms with Crippen LogP contribution in [0.15, 0.2) is 48.1 Å². The Hall–Kier alpha value is -2.76. The van der Waals surface area contributed by atoms with E-state index in [4.69, 9.17) is 61.6 Å². The van der Waals surface area contributed by atoms with Gasteiger partial charge >= 0.3 is 5.97 Å². The van der Waals surface area contributed by atoms with Gasteiger partial charge in [0.25, 0.3) is 0 Å². The Bertz CT molecular complexity index is 2210. The summed E-state index contributed by atoms with van der Waals surface area (Å²) in [6.07, 6.45) is 0.840. The van der Waals surface area contributed by atoms with E-state index in [-0.39, 0.29) is 36.9 Å². The van der Waals surface area contributed by atoms with Gasteiger partial charge in [-0.2, -0.15) is 0 Å². The first-order chi connectivity index (χ1) is 36.2. The molecule has 3 N–H and O–H groups in total. The van der Waals surface area contributed by atoms with E-state index in [1.54, 1.807) is 41.4 Å². The van der Waals surface area contributed by atoms with Gasteiger partial charge < -0.3 is 76.9 Å². The third-order valence-corrected chi connectivity index (χ3v) is 19.4. The van der Waals surface area contributed by atoms with Crippen molar-refractivity contribution in [1.29, 1.82) is 0 Å². The minimum atomic E-state index is -1.68. The van der Waals surface area contributed by atoms with Crippen molar-refractivity contribution in [1.82, 2.24) is 0 Å². The number of aliphatic hydroxyl groups excluding tert-OH is 1. The van der Waals surface area contributed by atoms with E-state index in [0.717, 1.165) is 11.1 Å². The van der Waals surface area contributed by atoms with Gasteiger partial charge in [0.15, 0.2) is 25.2 Å². The van der Waals surface area contributed by atoms with E-state index in [9.17, 15) is 24.9 Å². The summed E-state index contributed by atoms with van der Waals surface area (Å²) in [6.45, 7) is 13.1. The van der Waals surface area contributed by atoms with Crippen molar-refractivity contribution >= 4 is 17.8 Å². The number of aliphatic hydroxyl groups is 3. The topological polar surface area (TPSA) is 215 Å². The fourth-order valence-electron chi connectivity index (χ4n) is 15.1. The highest BCUT2D eigenvalue weighted by atomic mass is 16.8. The van der Waals surface area contributed by atoms with E-state index in [0.29, 0.717) is 57.8 Å². The highest BCUT2D eigenvalue weighted by molar-refractivity contribution is 5.87. The molecule has 8 aliphatic rings. The zero-order valence-corrected chi connectivity index (χ0v) is 46.4. The zero-order valence-electron chi connectivity index (χ0n) is 46.4. The predicted molar refractivity (Wildman–Crippen MR) is 274 cm³/mol. The van der Waals surface area contributed by atoms with Gasteiger partial charge in [0, 0.05) is 77.4 Å². The minimum Gasteiger partial charge on any atom is -0.458 e. The van der Waals surface area contributed by atoms with Crippen LogP contribution in [0.25, 0.3) is 6.08 Å². The van der Waals surface area contributed by atoms with Crippen LogP contribution in [0.5, 0.6) is 0 Å². The van der Waals surface area contributed by atoms with E-state index in [1.165, 1.54) is 13.0 Å². The lowest BCUT2D eigenvalue weighted by Crippen LogP contribution is -2.75. The van der Waals surface area contributed by atoms with Gasteiger partial charge in [-0.1, -0.05) is 55.8 Å². The molecule has 0 spiro atoms. The first-order valence-electron chi connectivity index (χ1n) is 27.8. The number of carbonyl (C=O) groups is 2. The molecular weight excluding hydrogens is 985 g/mol. The van der Waals surface area contributed by atoms with Crippen molar-refractivity contribution in [3.63, 3.8) is 0 Å². The average Bonchev–Trinajstić information content (AvgIpc) is 3.82. The largest absolute Gasteiger partial charge is 0.458 e. The highest BCUT2D eigenvalue weighted by Crippen LogP contribution is 2.70. The number of ether oxygens (including phenoxy) is 13. The van der Waals surface area contributed by atoms with Crippen LogP contribution in [-0.4, -0.2) is 177 Å². The van der Waals surface area contributed by atoms with Gasteiger partial charge in [-0.15, -0.1) is 0 Å². The number of hydrogen-bond donors (Lipinski definition) is 3. The third kappa shape index (κ3) is 10.8. The summed E-state index contributed by atoms with van der Waals surface area (Å²) in [6, 6.07) is 9.47. The molecule has 24 atom stereocenters. The Morgan fingerprint density at radius 2 is 1.16 bits per heavy atom. The quantitative estimate of drug-likeness (QED) is 0.0966. The molecule has 0 bridgehead atoms. The molecule has 1 aromatic rings. The average molecular weight is 1070 g/mol. The van der Waals surface area contributed by atoms with E-state index in [1.807, 2.05) is 58.0 Å². The molecule has 3 saturated carbocycles. The lowest BCUT2D eigenvalue weighted by molar-refractivity contribution is -0.347. The van der Waals surface area contributed by atoms with Crippen LogP contribution in [0.2, 0.25) is 0 Å². The summed E-state index contributed by atoms with van der Waals surface area (Å²) in [5.74, 6) is -1.68. The maximum Gasteiger partial charge on any atom is 0.331 e. The van der Waals surface area contributed by atoms with Crippen molar-refractivity contribution in [2.45, 2.75) is 241 Å². The van der Waals surface area contributed by atoms with E-state index in [2.05, 4.69) is 13.0 Å². The second kappa shape index (κ2) is 23.4. The lowest BCUT2D eigenvalue weighted by Gasteiger charge is -2.66. The van der Waals surface area contributed by atoms with Gasteiger partial charge in [0.2, 0.25) is 0 Å². The molecule has 0 radical (unpaired) electrons. The van der Waals surface area contributed by atoms with Crippen LogP contribution < -0.4 is 0 Å². The first-order valence-corrected chi connectivity index (χ1v) is 27.8. The van der Waals surface area contributed by atoms with Crippen molar-refractivity contribution in [2.24, 2.45) is 22.7 Å². The highest BCUT2D eigenvalue weighted by Gasteiger charge is 2.77. The van der Waals surface area contributed by atoms with Crippen LogP contribution in [0.4, 0.5) is 0 Å². The monoisotopic (exact) mass is 1070 g/mol. The molecular formula is C58H86O18. The molecule has 4 heterocycles. The normalized spacial score (nSPS) is 47.6. The molecule has 76 heavy (non-hydrogen) atoms. The summed E-state index contributed by atoms with van der Waals surface area (Å²) in [5.41, 5.74) is -3.00. The Morgan fingerprint density at radius 1 is 0.658 bits per heavy atom. The van der Waals surface area contributed by atoms with Gasteiger partial charge in [0.05, 0.1) is 54.9 Å². The van der Waals surface area contributed by atoms with Gasteiger partial charge in [-0.25, -0.2) is 4.79 Å². The fourth-order valence-corrected chi connectivity index (χ4v) is 15.1.